The number of aromatic nitrogens is 4. The third-order valence-electron chi connectivity index (χ3n) is 3.41. The van der Waals surface area contributed by atoms with Crippen molar-refractivity contribution in [1.29, 1.82) is 0 Å². The number of nitrogens with one attached hydrogen (secondary N) is 1. The highest BCUT2D eigenvalue weighted by molar-refractivity contribution is 5.79. The van der Waals surface area contributed by atoms with E-state index in [9.17, 15) is 14.0 Å². The van der Waals surface area contributed by atoms with Crippen LogP contribution in [0.4, 0.5) is 4.39 Å². The molecule has 0 radical (unpaired) electrons. The number of aromatic amines is 1. The van der Waals surface area contributed by atoms with E-state index in [2.05, 4.69) is 9.97 Å². The van der Waals surface area contributed by atoms with Gasteiger partial charge < -0.3 is 4.98 Å². The molecule has 6 nitrogen and oxygen atoms in total. The first-order valence-corrected chi connectivity index (χ1v) is 6.57. The molecule has 0 unspecified atom stereocenters. The summed E-state index contributed by atoms with van der Waals surface area (Å²) in [5, 5.41) is 0. The number of imidazole rings is 1. The number of nitrogens with zero attached hydrogens (tertiary/aromatic N) is 3. The first kappa shape index (κ1) is 14.0. The van der Waals surface area contributed by atoms with Gasteiger partial charge in [0.05, 0.1) is 0 Å². The molecule has 1 aromatic carbocycles. The Morgan fingerprint density at radius 3 is 2.55 bits per heavy atom. The molecule has 0 amide bonds. The summed E-state index contributed by atoms with van der Waals surface area (Å²) in [7, 11) is 2.84. The number of rotatable bonds is 2. The van der Waals surface area contributed by atoms with Crippen LogP contribution in [-0.2, 0) is 14.1 Å². The minimum absolute atomic E-state index is 0.0860. The molecule has 112 valence electrons. The van der Waals surface area contributed by atoms with E-state index in [4.69, 9.17) is 0 Å². The van der Waals surface area contributed by atoms with Gasteiger partial charge in [0.15, 0.2) is 17.3 Å². The first-order chi connectivity index (χ1) is 10.5. The van der Waals surface area contributed by atoms with Crippen molar-refractivity contribution in [3.8, 4) is 0 Å². The molecule has 1 N–H and O–H groups in total. The van der Waals surface area contributed by atoms with Gasteiger partial charge in [0, 0.05) is 14.1 Å². The number of halogens is 1. The number of hydrogen-bond donors (Lipinski definition) is 1. The van der Waals surface area contributed by atoms with Gasteiger partial charge in [-0.25, -0.2) is 14.2 Å². The third kappa shape index (κ3) is 2.16. The molecule has 0 spiro atoms. The fourth-order valence-electron chi connectivity index (χ4n) is 2.20. The van der Waals surface area contributed by atoms with Gasteiger partial charge in [0.25, 0.3) is 5.56 Å². The molecule has 0 aliphatic heterocycles. The minimum atomic E-state index is -0.614. The van der Waals surface area contributed by atoms with Crippen molar-refractivity contribution >= 4 is 23.1 Å². The number of aryl methyl sites for hydroxylation is 1. The lowest BCUT2D eigenvalue weighted by molar-refractivity contribution is 0.708. The first-order valence-electron chi connectivity index (χ1n) is 6.57. The van der Waals surface area contributed by atoms with Crippen LogP contribution in [0, 0.1) is 0 Å². The van der Waals surface area contributed by atoms with Gasteiger partial charge in [0.2, 0.25) is 0 Å². The van der Waals surface area contributed by atoms with Crippen molar-refractivity contribution in [2.45, 2.75) is 0 Å². The predicted molar refractivity (Wildman–Crippen MR) is 82.0 cm³/mol. The largest absolute Gasteiger partial charge is 0.332 e. The number of H-pyrrole nitrogens is 1. The molecule has 3 rings (SSSR count). The topological polar surface area (TPSA) is 72.7 Å². The van der Waals surface area contributed by atoms with Crippen LogP contribution in [-0.4, -0.2) is 19.1 Å². The van der Waals surface area contributed by atoms with E-state index >= 15 is 0 Å². The maximum Gasteiger partial charge on any atom is 0.332 e. The Labute approximate surface area is 124 Å². The van der Waals surface area contributed by atoms with Crippen molar-refractivity contribution < 1.29 is 4.39 Å². The quantitative estimate of drug-likeness (QED) is 0.778. The standard InChI is InChI=1S/C15H13FN4O2/c1-19-13-11(14(21)20(2)15(19)22)17-12(18-13)10(16)8-9-6-4-3-5-7-9/h3-8H,1-2H3,(H,17,18)/b10-8-. The van der Waals surface area contributed by atoms with Crippen molar-refractivity contribution in [2.24, 2.45) is 14.1 Å². The Kier molecular flexibility index (Phi) is 3.25. The number of benzene rings is 1. The monoisotopic (exact) mass is 300 g/mol. The van der Waals surface area contributed by atoms with Crippen molar-refractivity contribution in [3.63, 3.8) is 0 Å². The summed E-state index contributed by atoms with van der Waals surface area (Å²) in [6.07, 6.45) is 1.31. The van der Waals surface area contributed by atoms with Gasteiger partial charge in [0.1, 0.15) is 5.52 Å². The van der Waals surface area contributed by atoms with Gasteiger partial charge in [-0.1, -0.05) is 30.3 Å². The van der Waals surface area contributed by atoms with Crippen molar-refractivity contribution in [2.75, 3.05) is 0 Å². The fraction of sp³-hybridized carbons (Fsp3) is 0.133. The lowest BCUT2D eigenvalue weighted by atomic mass is 10.2. The predicted octanol–water partition coefficient (Wildman–Crippen LogP) is 1.43. The van der Waals surface area contributed by atoms with E-state index in [1.54, 1.807) is 24.3 Å². The van der Waals surface area contributed by atoms with Crippen LogP contribution in [0.15, 0.2) is 39.9 Å². The summed E-state index contributed by atoms with van der Waals surface area (Å²) >= 11 is 0. The zero-order chi connectivity index (χ0) is 15.9. The van der Waals surface area contributed by atoms with Crippen LogP contribution in [0.5, 0.6) is 0 Å². The van der Waals surface area contributed by atoms with Crippen LogP contribution >= 0.6 is 0 Å². The second kappa shape index (κ2) is 5.10. The summed E-state index contributed by atoms with van der Waals surface area (Å²) < 4.78 is 16.4. The Hall–Kier alpha value is -2.96. The molecule has 0 aliphatic rings. The third-order valence-corrected chi connectivity index (χ3v) is 3.41. The van der Waals surface area contributed by atoms with Crippen molar-refractivity contribution in [3.05, 3.63) is 62.6 Å². The van der Waals surface area contributed by atoms with Crippen molar-refractivity contribution in [1.82, 2.24) is 19.1 Å². The van der Waals surface area contributed by atoms with Crippen LogP contribution in [0.2, 0.25) is 0 Å². The normalized spacial score (nSPS) is 12.0. The molecule has 22 heavy (non-hydrogen) atoms. The lowest BCUT2D eigenvalue weighted by Gasteiger charge is -2.00. The van der Waals surface area contributed by atoms with Crippen LogP contribution in [0.1, 0.15) is 11.4 Å². The molecule has 2 heterocycles. The molecule has 0 fully saturated rings. The maximum absolute atomic E-state index is 14.3. The molecule has 0 bridgehead atoms. The van der Waals surface area contributed by atoms with E-state index < -0.39 is 17.1 Å². The van der Waals surface area contributed by atoms with Gasteiger partial charge in [-0.05, 0) is 11.6 Å². The number of hydrogen-bond acceptors (Lipinski definition) is 3. The van der Waals surface area contributed by atoms with Crippen LogP contribution < -0.4 is 11.2 Å². The highest BCUT2D eigenvalue weighted by Crippen LogP contribution is 2.18. The number of fused-ring (bicyclic) bond motifs is 1. The van der Waals surface area contributed by atoms with Crippen LogP contribution in [0.3, 0.4) is 0 Å². The zero-order valence-electron chi connectivity index (χ0n) is 12.0. The summed E-state index contributed by atoms with van der Waals surface area (Å²) in [5.41, 5.74) is -0.162. The molecule has 2 aromatic heterocycles. The Balaban J connectivity index is 2.20. The SMILES string of the molecule is Cn1c(=O)c2[nH]c(/C(F)=C/c3ccccc3)nc2n(C)c1=O. The smallest absolute Gasteiger partial charge is 0.330 e. The van der Waals surface area contributed by atoms with E-state index in [0.29, 0.717) is 5.56 Å². The van der Waals surface area contributed by atoms with E-state index in [-0.39, 0.29) is 17.0 Å². The fourth-order valence-corrected chi connectivity index (χ4v) is 2.20. The summed E-state index contributed by atoms with van der Waals surface area (Å²) in [6, 6.07) is 8.90. The Morgan fingerprint density at radius 2 is 1.86 bits per heavy atom. The van der Waals surface area contributed by atoms with E-state index in [1.165, 1.54) is 24.7 Å². The molecular weight excluding hydrogens is 287 g/mol. The van der Waals surface area contributed by atoms with Gasteiger partial charge in [-0.15, -0.1) is 0 Å². The summed E-state index contributed by atoms with van der Waals surface area (Å²) in [6.45, 7) is 0. The van der Waals surface area contributed by atoms with E-state index in [1.807, 2.05) is 6.07 Å². The average molecular weight is 300 g/mol. The highest BCUT2D eigenvalue weighted by Gasteiger charge is 2.15. The lowest BCUT2D eigenvalue weighted by Crippen LogP contribution is -2.36. The molecular formula is C15H13FN4O2. The molecule has 7 heteroatoms. The zero-order valence-corrected chi connectivity index (χ0v) is 12.0. The molecule has 0 aliphatic carbocycles. The molecule has 3 aromatic rings. The Bertz CT molecular complexity index is 996. The second-order valence-electron chi connectivity index (χ2n) is 4.89. The highest BCUT2D eigenvalue weighted by atomic mass is 19.1. The van der Waals surface area contributed by atoms with Gasteiger partial charge in [-0.2, -0.15) is 0 Å². The molecule has 0 saturated carbocycles. The second-order valence-corrected chi connectivity index (χ2v) is 4.89. The van der Waals surface area contributed by atoms with E-state index in [0.717, 1.165) is 4.57 Å². The summed E-state index contributed by atoms with van der Waals surface area (Å²) in [4.78, 5) is 30.5. The summed E-state index contributed by atoms with van der Waals surface area (Å²) in [5.74, 6) is -0.700. The Morgan fingerprint density at radius 1 is 1.18 bits per heavy atom. The maximum atomic E-state index is 14.3. The van der Waals surface area contributed by atoms with Crippen LogP contribution in [0.25, 0.3) is 23.1 Å². The minimum Gasteiger partial charge on any atom is -0.330 e. The molecule has 0 atom stereocenters. The van der Waals surface area contributed by atoms with Gasteiger partial charge >= 0.3 is 5.69 Å². The molecule has 0 saturated heterocycles. The van der Waals surface area contributed by atoms with Gasteiger partial charge in [-0.3, -0.25) is 13.9 Å². The average Bonchev–Trinajstić information content (AvgIpc) is 2.97.